The molecule has 0 spiro atoms. The Bertz CT molecular complexity index is 474. The van der Waals surface area contributed by atoms with Gasteiger partial charge < -0.3 is 15.0 Å². The van der Waals surface area contributed by atoms with Gasteiger partial charge >= 0.3 is 0 Å². The van der Waals surface area contributed by atoms with Gasteiger partial charge in [-0.15, -0.1) is 0 Å². The third-order valence-corrected chi connectivity index (χ3v) is 3.74. The summed E-state index contributed by atoms with van der Waals surface area (Å²) in [6.07, 6.45) is 2.14. The van der Waals surface area contributed by atoms with Crippen LogP contribution in [0.15, 0.2) is 18.2 Å². The van der Waals surface area contributed by atoms with Crippen molar-refractivity contribution in [2.24, 2.45) is 0 Å². The lowest BCUT2D eigenvalue weighted by Gasteiger charge is -2.19. The SMILES string of the molecule is CCCNc1ccc(C)cc1C(=O)N1CCC(OC)C1. The number of methoxy groups -OCH3 is 1. The van der Waals surface area contributed by atoms with E-state index in [-0.39, 0.29) is 12.0 Å². The quantitative estimate of drug-likeness (QED) is 0.899. The molecule has 1 saturated heterocycles. The molecule has 0 bridgehead atoms. The van der Waals surface area contributed by atoms with Crippen molar-refractivity contribution in [3.8, 4) is 0 Å². The van der Waals surface area contributed by atoms with E-state index in [1.54, 1.807) is 7.11 Å². The van der Waals surface area contributed by atoms with Gasteiger partial charge in [0.05, 0.1) is 11.7 Å². The summed E-state index contributed by atoms with van der Waals surface area (Å²) in [5.41, 5.74) is 2.82. The fourth-order valence-corrected chi connectivity index (χ4v) is 2.52. The summed E-state index contributed by atoms with van der Waals surface area (Å²) in [4.78, 5) is 14.6. The maximum Gasteiger partial charge on any atom is 0.256 e. The Hall–Kier alpha value is -1.55. The normalized spacial score (nSPS) is 18.4. The van der Waals surface area contributed by atoms with E-state index in [2.05, 4.69) is 12.2 Å². The molecule has 4 heteroatoms. The van der Waals surface area contributed by atoms with Crippen molar-refractivity contribution in [1.82, 2.24) is 4.90 Å². The number of ether oxygens (including phenoxy) is 1. The molecular weight excluding hydrogens is 252 g/mol. The first-order valence-electron chi connectivity index (χ1n) is 7.32. The van der Waals surface area contributed by atoms with Crippen LogP contribution in [0.4, 0.5) is 5.69 Å². The van der Waals surface area contributed by atoms with Crippen LogP contribution in [0.25, 0.3) is 0 Å². The first-order chi connectivity index (χ1) is 9.65. The van der Waals surface area contributed by atoms with Crippen LogP contribution in [0.2, 0.25) is 0 Å². The van der Waals surface area contributed by atoms with Gasteiger partial charge in [0.2, 0.25) is 0 Å². The number of benzene rings is 1. The minimum absolute atomic E-state index is 0.104. The van der Waals surface area contributed by atoms with Crippen LogP contribution in [0.1, 0.15) is 35.7 Å². The molecule has 1 amide bonds. The van der Waals surface area contributed by atoms with E-state index >= 15 is 0 Å². The van der Waals surface area contributed by atoms with Gasteiger partial charge in [-0.2, -0.15) is 0 Å². The van der Waals surface area contributed by atoms with E-state index in [1.165, 1.54) is 0 Å². The molecule has 1 N–H and O–H groups in total. The fourth-order valence-electron chi connectivity index (χ4n) is 2.52. The first-order valence-corrected chi connectivity index (χ1v) is 7.32. The Morgan fingerprint density at radius 1 is 1.50 bits per heavy atom. The molecule has 1 heterocycles. The molecule has 0 radical (unpaired) electrons. The average Bonchev–Trinajstić information content (AvgIpc) is 2.94. The van der Waals surface area contributed by atoms with Gasteiger partial charge in [0, 0.05) is 32.4 Å². The Balaban J connectivity index is 2.17. The Morgan fingerprint density at radius 3 is 2.95 bits per heavy atom. The van der Waals surface area contributed by atoms with Crippen molar-refractivity contribution in [3.63, 3.8) is 0 Å². The smallest absolute Gasteiger partial charge is 0.256 e. The molecule has 0 saturated carbocycles. The summed E-state index contributed by atoms with van der Waals surface area (Å²) in [7, 11) is 1.71. The number of carbonyl (C=O) groups is 1. The minimum Gasteiger partial charge on any atom is -0.384 e. The number of hydrogen-bond donors (Lipinski definition) is 1. The highest BCUT2D eigenvalue weighted by atomic mass is 16.5. The molecule has 0 aromatic heterocycles. The van der Waals surface area contributed by atoms with Crippen LogP contribution in [-0.4, -0.2) is 43.7 Å². The number of anilines is 1. The summed E-state index contributed by atoms with van der Waals surface area (Å²) in [5, 5.41) is 3.34. The summed E-state index contributed by atoms with van der Waals surface area (Å²) in [6.45, 7) is 6.48. The summed E-state index contributed by atoms with van der Waals surface area (Å²) >= 11 is 0. The molecule has 1 unspecified atom stereocenters. The Morgan fingerprint density at radius 2 is 2.30 bits per heavy atom. The third kappa shape index (κ3) is 3.31. The number of amides is 1. The Labute approximate surface area is 121 Å². The lowest BCUT2D eigenvalue weighted by molar-refractivity contribution is 0.0725. The second-order valence-electron chi connectivity index (χ2n) is 5.37. The highest BCUT2D eigenvalue weighted by Crippen LogP contribution is 2.22. The van der Waals surface area contributed by atoms with E-state index in [0.29, 0.717) is 6.54 Å². The van der Waals surface area contributed by atoms with Crippen LogP contribution in [-0.2, 0) is 4.74 Å². The summed E-state index contributed by atoms with van der Waals surface area (Å²) < 4.78 is 5.34. The minimum atomic E-state index is 0.104. The lowest BCUT2D eigenvalue weighted by Crippen LogP contribution is -2.30. The van der Waals surface area contributed by atoms with Crippen molar-refractivity contribution in [2.45, 2.75) is 32.8 Å². The van der Waals surface area contributed by atoms with Crippen molar-refractivity contribution in [2.75, 3.05) is 32.1 Å². The molecule has 1 aromatic rings. The fraction of sp³-hybridized carbons (Fsp3) is 0.562. The van der Waals surface area contributed by atoms with Gasteiger partial charge in [0.15, 0.2) is 0 Å². The summed E-state index contributed by atoms with van der Waals surface area (Å²) in [6, 6.07) is 6.01. The highest BCUT2D eigenvalue weighted by molar-refractivity contribution is 6.00. The maximum absolute atomic E-state index is 12.7. The van der Waals surface area contributed by atoms with E-state index in [0.717, 1.165) is 42.7 Å². The van der Waals surface area contributed by atoms with E-state index < -0.39 is 0 Å². The van der Waals surface area contributed by atoms with Gasteiger partial charge in [-0.05, 0) is 31.9 Å². The Kier molecular flexibility index (Phi) is 5.01. The predicted molar refractivity (Wildman–Crippen MR) is 81.3 cm³/mol. The highest BCUT2D eigenvalue weighted by Gasteiger charge is 2.27. The van der Waals surface area contributed by atoms with Crippen molar-refractivity contribution < 1.29 is 9.53 Å². The van der Waals surface area contributed by atoms with Gasteiger partial charge in [-0.3, -0.25) is 4.79 Å². The number of aryl methyl sites for hydroxylation is 1. The predicted octanol–water partition coefficient (Wildman–Crippen LogP) is 2.68. The zero-order valence-electron chi connectivity index (χ0n) is 12.6. The van der Waals surface area contributed by atoms with Crippen molar-refractivity contribution in [3.05, 3.63) is 29.3 Å². The van der Waals surface area contributed by atoms with Crippen LogP contribution < -0.4 is 5.32 Å². The first kappa shape index (κ1) is 14.9. The van der Waals surface area contributed by atoms with Crippen LogP contribution in [0.5, 0.6) is 0 Å². The zero-order chi connectivity index (χ0) is 14.5. The molecule has 1 fully saturated rings. The standard InChI is InChI=1S/C16H24N2O2/c1-4-8-17-15-6-5-12(2)10-14(15)16(19)18-9-7-13(11-18)20-3/h5-6,10,13,17H,4,7-9,11H2,1-3H3. The van der Waals surface area contributed by atoms with E-state index in [4.69, 9.17) is 4.74 Å². The van der Waals surface area contributed by atoms with E-state index in [1.807, 2.05) is 30.0 Å². The van der Waals surface area contributed by atoms with Crippen LogP contribution in [0, 0.1) is 6.92 Å². The number of rotatable bonds is 5. The molecule has 1 aliphatic heterocycles. The van der Waals surface area contributed by atoms with Gasteiger partial charge in [0.25, 0.3) is 5.91 Å². The van der Waals surface area contributed by atoms with Crippen LogP contribution >= 0.6 is 0 Å². The second kappa shape index (κ2) is 6.75. The van der Waals surface area contributed by atoms with E-state index in [9.17, 15) is 4.79 Å². The second-order valence-corrected chi connectivity index (χ2v) is 5.37. The molecular formula is C16H24N2O2. The number of hydrogen-bond acceptors (Lipinski definition) is 3. The molecule has 110 valence electrons. The van der Waals surface area contributed by atoms with Crippen molar-refractivity contribution in [1.29, 1.82) is 0 Å². The largest absolute Gasteiger partial charge is 0.384 e. The third-order valence-electron chi connectivity index (χ3n) is 3.74. The molecule has 1 aromatic carbocycles. The number of carbonyl (C=O) groups excluding carboxylic acids is 1. The molecule has 2 rings (SSSR count). The summed E-state index contributed by atoms with van der Waals surface area (Å²) in [5.74, 6) is 0.104. The molecule has 1 atom stereocenters. The van der Waals surface area contributed by atoms with Gasteiger partial charge in [-0.25, -0.2) is 0 Å². The number of nitrogens with zero attached hydrogens (tertiary/aromatic N) is 1. The molecule has 4 nitrogen and oxygen atoms in total. The van der Waals surface area contributed by atoms with Crippen molar-refractivity contribution >= 4 is 11.6 Å². The topological polar surface area (TPSA) is 41.6 Å². The monoisotopic (exact) mass is 276 g/mol. The van der Waals surface area contributed by atoms with Gasteiger partial charge in [-0.1, -0.05) is 18.6 Å². The van der Waals surface area contributed by atoms with Crippen LogP contribution in [0.3, 0.4) is 0 Å². The molecule has 0 aliphatic carbocycles. The maximum atomic E-state index is 12.7. The molecule has 20 heavy (non-hydrogen) atoms. The molecule has 1 aliphatic rings. The zero-order valence-corrected chi connectivity index (χ0v) is 12.6. The number of likely N-dealkylation sites (tertiary alicyclic amines) is 1. The number of nitrogens with one attached hydrogen (secondary N) is 1. The average molecular weight is 276 g/mol. The lowest BCUT2D eigenvalue weighted by atomic mass is 10.1. The van der Waals surface area contributed by atoms with Gasteiger partial charge in [0.1, 0.15) is 0 Å².